The average Bonchev–Trinajstić information content (AvgIpc) is 2.46. The number of nitrogens with one attached hydrogen (secondary N) is 1. The third kappa shape index (κ3) is 4.46. The van der Waals surface area contributed by atoms with E-state index in [0.717, 1.165) is 38.5 Å². The highest BCUT2D eigenvalue weighted by atomic mass is 32.2. The van der Waals surface area contributed by atoms with Gasteiger partial charge in [-0.05, 0) is 18.2 Å². The van der Waals surface area contributed by atoms with Gasteiger partial charge in [0.05, 0.1) is 30.9 Å². The summed E-state index contributed by atoms with van der Waals surface area (Å²) >= 11 is 0. The van der Waals surface area contributed by atoms with E-state index in [1.54, 1.807) is 0 Å². The van der Waals surface area contributed by atoms with Gasteiger partial charge in [0.15, 0.2) is 0 Å². The highest BCUT2D eigenvalue weighted by Gasteiger charge is 2.17. The number of carbonyl (C=O) groups is 2. The molecular formula is C12H13NO8S. The number of anilines is 1. The first-order valence-electron chi connectivity index (χ1n) is 5.64. The van der Waals surface area contributed by atoms with Gasteiger partial charge in [-0.25, -0.2) is 9.59 Å². The van der Waals surface area contributed by atoms with Gasteiger partial charge in [0, 0.05) is 0 Å². The molecule has 1 aromatic carbocycles. The second kappa shape index (κ2) is 6.91. The maximum Gasteiger partial charge on any atom is 0.354 e. The van der Waals surface area contributed by atoms with E-state index in [0.29, 0.717) is 0 Å². The molecule has 0 saturated heterocycles. The zero-order valence-electron chi connectivity index (χ0n) is 11.6. The molecule has 120 valence electrons. The fourth-order valence-corrected chi connectivity index (χ4v) is 1.86. The Kier molecular flexibility index (Phi) is 5.49. The van der Waals surface area contributed by atoms with Gasteiger partial charge < -0.3 is 19.9 Å². The van der Waals surface area contributed by atoms with Crippen LogP contribution in [-0.2, 0) is 29.2 Å². The van der Waals surface area contributed by atoms with Crippen molar-refractivity contribution >= 4 is 27.7 Å². The van der Waals surface area contributed by atoms with Gasteiger partial charge in [-0.2, -0.15) is 8.42 Å². The van der Waals surface area contributed by atoms with Crippen molar-refractivity contribution in [1.82, 2.24) is 0 Å². The number of rotatable bonds is 5. The predicted molar refractivity (Wildman–Crippen MR) is 73.7 cm³/mol. The zero-order chi connectivity index (χ0) is 16.9. The monoisotopic (exact) mass is 331 g/mol. The van der Waals surface area contributed by atoms with Gasteiger partial charge in [0.1, 0.15) is 11.4 Å². The Labute approximate surface area is 125 Å². The van der Waals surface area contributed by atoms with Crippen LogP contribution in [-0.4, -0.2) is 44.2 Å². The van der Waals surface area contributed by atoms with Gasteiger partial charge >= 0.3 is 11.9 Å². The van der Waals surface area contributed by atoms with E-state index in [1.807, 2.05) is 0 Å². The summed E-state index contributed by atoms with van der Waals surface area (Å²) in [4.78, 5) is 22.2. The van der Waals surface area contributed by atoms with Crippen LogP contribution < -0.4 is 5.32 Å². The molecule has 0 radical (unpaired) electrons. The molecule has 9 nitrogen and oxygen atoms in total. The average molecular weight is 331 g/mol. The minimum Gasteiger partial charge on any atom is -0.506 e. The maximum atomic E-state index is 11.6. The molecule has 0 saturated carbocycles. The lowest BCUT2D eigenvalue weighted by Gasteiger charge is -2.11. The summed E-state index contributed by atoms with van der Waals surface area (Å²) in [7, 11) is -2.36. The largest absolute Gasteiger partial charge is 0.506 e. The number of methoxy groups -OCH3 is 2. The molecule has 0 aliphatic rings. The van der Waals surface area contributed by atoms with E-state index in [2.05, 4.69) is 14.8 Å². The Morgan fingerprint density at radius 3 is 2.36 bits per heavy atom. The second-order valence-electron chi connectivity index (χ2n) is 3.85. The zero-order valence-corrected chi connectivity index (χ0v) is 12.4. The molecule has 0 aliphatic heterocycles. The molecule has 10 heteroatoms. The van der Waals surface area contributed by atoms with Crippen LogP contribution in [0.15, 0.2) is 34.9 Å². The molecule has 0 bridgehead atoms. The molecule has 0 heterocycles. The van der Waals surface area contributed by atoms with E-state index in [9.17, 15) is 23.1 Å². The first-order valence-corrected chi connectivity index (χ1v) is 7.08. The van der Waals surface area contributed by atoms with E-state index in [1.165, 1.54) is 0 Å². The molecule has 0 unspecified atom stereocenters. The van der Waals surface area contributed by atoms with Crippen molar-refractivity contribution in [3.05, 3.63) is 30.0 Å². The van der Waals surface area contributed by atoms with E-state index >= 15 is 0 Å². The van der Waals surface area contributed by atoms with Crippen molar-refractivity contribution < 1.29 is 37.1 Å². The lowest BCUT2D eigenvalue weighted by Crippen LogP contribution is -2.15. The van der Waals surface area contributed by atoms with Crippen molar-refractivity contribution in [2.24, 2.45) is 0 Å². The minimum atomic E-state index is -4.51. The maximum absolute atomic E-state index is 11.6. The third-order valence-corrected chi connectivity index (χ3v) is 3.25. The highest BCUT2D eigenvalue weighted by Crippen LogP contribution is 2.27. The topological polar surface area (TPSA) is 139 Å². The first-order chi connectivity index (χ1) is 10.2. The molecular weight excluding hydrogens is 318 g/mol. The number of esters is 2. The number of phenolic OH excluding ortho intramolecular Hbond substituents is 1. The molecule has 0 aromatic heterocycles. The number of hydrogen-bond acceptors (Lipinski definition) is 8. The molecule has 22 heavy (non-hydrogen) atoms. The molecule has 0 atom stereocenters. The van der Waals surface area contributed by atoms with Crippen molar-refractivity contribution in [2.45, 2.75) is 4.90 Å². The summed E-state index contributed by atoms with van der Waals surface area (Å²) in [6.45, 7) is 0. The normalized spacial score (nSPS) is 11.7. The summed E-state index contributed by atoms with van der Waals surface area (Å²) in [6, 6.07) is 2.81. The molecule has 0 fully saturated rings. The van der Waals surface area contributed by atoms with Crippen LogP contribution in [0.2, 0.25) is 0 Å². The predicted octanol–water partition coefficient (Wildman–Crippen LogP) is 0.281. The standard InChI is InChI=1S/C12H13NO8S/c1-20-11(15)6-9(12(16)21-2)13-8-5-7(22(17,18)19)3-4-10(8)14/h3-6,13-14H,1-2H3,(H,17,18,19)/b9-6+. The second-order valence-corrected chi connectivity index (χ2v) is 5.27. The van der Waals surface area contributed by atoms with Crippen LogP contribution in [0.1, 0.15) is 0 Å². The summed E-state index contributed by atoms with van der Waals surface area (Å²) < 4.78 is 39.9. The van der Waals surface area contributed by atoms with Gasteiger partial charge in [0.25, 0.3) is 10.1 Å². The van der Waals surface area contributed by atoms with Crippen LogP contribution in [0.3, 0.4) is 0 Å². The van der Waals surface area contributed by atoms with E-state index in [4.69, 9.17) is 4.55 Å². The Hall–Kier alpha value is -2.59. The lowest BCUT2D eigenvalue weighted by atomic mass is 10.2. The molecule has 0 spiro atoms. The number of phenols is 1. The van der Waals surface area contributed by atoms with Crippen LogP contribution in [0.4, 0.5) is 5.69 Å². The first kappa shape index (κ1) is 17.5. The molecule has 0 amide bonds. The van der Waals surface area contributed by atoms with Crippen molar-refractivity contribution in [3.63, 3.8) is 0 Å². The number of ether oxygens (including phenoxy) is 2. The number of aromatic hydroxyl groups is 1. The van der Waals surface area contributed by atoms with Gasteiger partial charge in [0.2, 0.25) is 0 Å². The smallest absolute Gasteiger partial charge is 0.354 e. The Morgan fingerprint density at radius 1 is 1.23 bits per heavy atom. The van der Waals surface area contributed by atoms with E-state index < -0.39 is 38.4 Å². The number of hydrogen-bond donors (Lipinski definition) is 3. The Balaban J connectivity index is 3.27. The van der Waals surface area contributed by atoms with Crippen LogP contribution in [0.25, 0.3) is 0 Å². The lowest BCUT2D eigenvalue weighted by molar-refractivity contribution is -0.138. The fourth-order valence-electron chi connectivity index (χ4n) is 1.35. The van der Waals surface area contributed by atoms with Crippen LogP contribution in [0.5, 0.6) is 5.75 Å². The number of benzene rings is 1. The summed E-state index contributed by atoms with van der Waals surface area (Å²) in [5, 5.41) is 12.0. The number of carbonyl (C=O) groups excluding carboxylic acids is 2. The van der Waals surface area contributed by atoms with Gasteiger partial charge in [-0.1, -0.05) is 0 Å². The molecule has 1 aromatic rings. The van der Waals surface area contributed by atoms with Crippen molar-refractivity contribution in [2.75, 3.05) is 19.5 Å². The van der Waals surface area contributed by atoms with Gasteiger partial charge in [-0.3, -0.25) is 4.55 Å². The van der Waals surface area contributed by atoms with Gasteiger partial charge in [-0.15, -0.1) is 0 Å². The SMILES string of the molecule is COC(=O)/C=C(/Nc1cc(S(=O)(=O)O)ccc1O)C(=O)OC. The van der Waals surface area contributed by atoms with E-state index in [-0.39, 0.29) is 5.69 Å². The summed E-state index contributed by atoms with van der Waals surface area (Å²) in [6.07, 6.45) is 0.755. The van der Waals surface area contributed by atoms with Crippen LogP contribution >= 0.6 is 0 Å². The van der Waals surface area contributed by atoms with Crippen molar-refractivity contribution in [3.8, 4) is 5.75 Å². The molecule has 3 N–H and O–H groups in total. The molecule has 1 rings (SSSR count). The fraction of sp³-hybridized carbons (Fsp3) is 0.167. The quantitative estimate of drug-likeness (QED) is 0.300. The Morgan fingerprint density at radius 2 is 1.86 bits per heavy atom. The summed E-state index contributed by atoms with van der Waals surface area (Å²) in [5.41, 5.74) is -0.646. The highest BCUT2D eigenvalue weighted by molar-refractivity contribution is 7.85. The third-order valence-electron chi connectivity index (χ3n) is 2.40. The minimum absolute atomic E-state index is 0.240. The summed E-state index contributed by atoms with van der Waals surface area (Å²) in [5.74, 6) is -2.26. The Bertz CT molecular complexity index is 723. The molecule has 0 aliphatic carbocycles. The van der Waals surface area contributed by atoms with Crippen LogP contribution in [0, 0.1) is 0 Å². The van der Waals surface area contributed by atoms with Crippen molar-refractivity contribution in [1.29, 1.82) is 0 Å².